The van der Waals surface area contributed by atoms with Gasteiger partial charge in [-0.15, -0.1) is 22.7 Å². The maximum absolute atomic E-state index is 2.47. The van der Waals surface area contributed by atoms with Gasteiger partial charge in [0, 0.05) is 57.2 Å². The highest BCUT2D eigenvalue weighted by Crippen LogP contribution is 2.48. The molecular weight excluding hydrogens is 775 g/mol. The summed E-state index contributed by atoms with van der Waals surface area (Å²) in [5, 5.41) is 7.72. The summed E-state index contributed by atoms with van der Waals surface area (Å²) in [6, 6.07) is 82.6. The van der Waals surface area contributed by atoms with Crippen LogP contribution in [-0.2, 0) is 0 Å². The summed E-state index contributed by atoms with van der Waals surface area (Å²) in [5.41, 5.74) is 12.9. The molecule has 2 heterocycles. The van der Waals surface area contributed by atoms with Gasteiger partial charge < -0.3 is 4.90 Å². The van der Waals surface area contributed by atoms with Crippen LogP contribution in [0.25, 0.3) is 95.6 Å². The van der Waals surface area contributed by atoms with Crippen molar-refractivity contribution in [2.24, 2.45) is 0 Å². The van der Waals surface area contributed by atoms with Gasteiger partial charge in [-0.2, -0.15) is 0 Å². The number of hydrogen-bond acceptors (Lipinski definition) is 3. The lowest BCUT2D eigenvalue weighted by Crippen LogP contribution is -2.12. The minimum absolute atomic E-state index is 1.09. The highest BCUT2D eigenvalue weighted by atomic mass is 32.1. The molecule has 0 radical (unpaired) electrons. The van der Waals surface area contributed by atoms with Crippen LogP contribution < -0.4 is 4.90 Å². The Morgan fingerprint density at radius 1 is 0.262 bits per heavy atom. The van der Waals surface area contributed by atoms with Crippen LogP contribution in [0.1, 0.15) is 0 Å². The van der Waals surface area contributed by atoms with Crippen molar-refractivity contribution in [2.45, 2.75) is 0 Å². The third-order valence-electron chi connectivity index (χ3n) is 12.1. The molecule has 0 aliphatic rings. The molecule has 0 spiro atoms. The molecule has 0 saturated heterocycles. The van der Waals surface area contributed by atoms with Gasteiger partial charge in [-0.1, -0.05) is 164 Å². The second-order valence-electron chi connectivity index (χ2n) is 15.6. The molecule has 0 bridgehead atoms. The molecule has 61 heavy (non-hydrogen) atoms. The van der Waals surface area contributed by atoms with Gasteiger partial charge in [0.05, 0.1) is 11.4 Å². The zero-order chi connectivity index (χ0) is 40.3. The average Bonchev–Trinajstić information content (AvgIpc) is 3.90. The zero-order valence-corrected chi connectivity index (χ0v) is 34.8. The molecule has 1 nitrogen and oxygen atoms in total. The van der Waals surface area contributed by atoms with Gasteiger partial charge in [-0.25, -0.2) is 0 Å². The van der Waals surface area contributed by atoms with Gasteiger partial charge >= 0.3 is 0 Å². The first-order valence-corrected chi connectivity index (χ1v) is 22.4. The van der Waals surface area contributed by atoms with E-state index in [1.54, 1.807) is 0 Å². The van der Waals surface area contributed by atoms with Crippen LogP contribution in [0.5, 0.6) is 0 Å². The van der Waals surface area contributed by atoms with Crippen LogP contribution in [0.4, 0.5) is 17.1 Å². The van der Waals surface area contributed by atoms with Gasteiger partial charge in [0.2, 0.25) is 0 Å². The second kappa shape index (κ2) is 14.8. The summed E-state index contributed by atoms with van der Waals surface area (Å²) >= 11 is 3.73. The summed E-state index contributed by atoms with van der Waals surface area (Å²) in [6.45, 7) is 0. The Morgan fingerprint density at radius 3 is 1.56 bits per heavy atom. The third-order valence-corrected chi connectivity index (χ3v) is 14.4. The van der Waals surface area contributed by atoms with Crippen molar-refractivity contribution in [3.05, 3.63) is 224 Å². The van der Waals surface area contributed by atoms with Crippen LogP contribution in [0.3, 0.4) is 0 Å². The van der Waals surface area contributed by atoms with Crippen LogP contribution >= 0.6 is 22.7 Å². The predicted octanol–water partition coefficient (Wildman–Crippen LogP) is 17.7. The Bertz CT molecular complexity index is 3610. The fraction of sp³-hybridized carbons (Fsp3) is 0. The highest BCUT2D eigenvalue weighted by Gasteiger charge is 2.22. The molecule has 0 unspecified atom stereocenters. The zero-order valence-electron chi connectivity index (χ0n) is 33.1. The van der Waals surface area contributed by atoms with Crippen molar-refractivity contribution >= 4 is 90.9 Å². The largest absolute Gasteiger partial charge is 0.309 e. The molecule has 0 amide bonds. The van der Waals surface area contributed by atoms with E-state index < -0.39 is 0 Å². The molecule has 0 atom stereocenters. The Morgan fingerprint density at radius 2 is 0.770 bits per heavy atom. The standard InChI is InChI=1S/C58H37NS2/c1-2-14-40-35-42(26-25-38(40)13-1)45-15-3-4-17-47(45)48-18-6-10-22-54(48)59(44-31-27-39(28-32-44)41-29-33-51-49-19-7-11-23-55(49)61-58(51)37-41)53-21-9-5-16-46(53)43-30-34-57-52(36-43)50-20-8-12-24-56(50)60-57/h1-37H. The van der Waals surface area contributed by atoms with E-state index in [9.17, 15) is 0 Å². The lowest BCUT2D eigenvalue weighted by molar-refractivity contribution is 1.28. The number of thiophene rings is 2. The summed E-state index contributed by atoms with van der Waals surface area (Å²) in [5.74, 6) is 0. The van der Waals surface area contributed by atoms with Crippen molar-refractivity contribution < 1.29 is 0 Å². The minimum Gasteiger partial charge on any atom is -0.309 e. The van der Waals surface area contributed by atoms with E-state index in [0.717, 1.165) is 17.1 Å². The Balaban J connectivity index is 1.04. The summed E-state index contributed by atoms with van der Waals surface area (Å²) in [6.07, 6.45) is 0. The molecule has 2 aromatic heterocycles. The normalized spacial score (nSPS) is 11.6. The van der Waals surface area contributed by atoms with Crippen molar-refractivity contribution in [3.63, 3.8) is 0 Å². The van der Waals surface area contributed by atoms with Gasteiger partial charge in [0.25, 0.3) is 0 Å². The van der Waals surface area contributed by atoms with Crippen LogP contribution in [0.2, 0.25) is 0 Å². The van der Waals surface area contributed by atoms with Crippen LogP contribution in [0, 0.1) is 0 Å². The molecule has 12 aromatic rings. The summed E-state index contributed by atoms with van der Waals surface area (Å²) in [7, 11) is 0. The summed E-state index contributed by atoms with van der Waals surface area (Å²) < 4.78 is 5.26. The number of nitrogens with zero attached hydrogens (tertiary/aromatic N) is 1. The first-order chi connectivity index (χ1) is 30.2. The summed E-state index contributed by atoms with van der Waals surface area (Å²) in [4.78, 5) is 2.47. The van der Waals surface area contributed by atoms with Crippen LogP contribution in [0.15, 0.2) is 224 Å². The number of para-hydroxylation sites is 2. The predicted molar refractivity (Wildman–Crippen MR) is 266 cm³/mol. The number of benzene rings is 10. The SMILES string of the molecule is c1ccc(-c2ccccc2N(c2ccc(-c3ccc4c(c3)sc3ccccc34)cc2)c2ccccc2-c2ccc3sc4ccccc4c3c2)c(-c2ccc3ccccc3c2)c1. The highest BCUT2D eigenvalue weighted by molar-refractivity contribution is 7.26. The van der Waals surface area contributed by atoms with E-state index in [1.165, 1.54) is 95.6 Å². The Kier molecular flexibility index (Phi) is 8.62. The van der Waals surface area contributed by atoms with Crippen molar-refractivity contribution in [2.75, 3.05) is 4.90 Å². The van der Waals surface area contributed by atoms with Crippen molar-refractivity contribution in [1.29, 1.82) is 0 Å². The molecule has 10 aromatic carbocycles. The third kappa shape index (κ3) is 6.21. The van der Waals surface area contributed by atoms with E-state index in [2.05, 4.69) is 229 Å². The number of anilines is 3. The first kappa shape index (κ1) is 35.6. The van der Waals surface area contributed by atoms with Gasteiger partial charge in [0.1, 0.15) is 0 Å². The first-order valence-electron chi connectivity index (χ1n) is 20.7. The fourth-order valence-corrected chi connectivity index (χ4v) is 11.4. The lowest BCUT2D eigenvalue weighted by atomic mass is 9.91. The van der Waals surface area contributed by atoms with E-state index in [-0.39, 0.29) is 0 Å². The molecule has 3 heteroatoms. The van der Waals surface area contributed by atoms with Gasteiger partial charge in [-0.3, -0.25) is 0 Å². The Labute approximate surface area is 362 Å². The molecular formula is C58H37NS2. The van der Waals surface area contributed by atoms with Crippen LogP contribution in [-0.4, -0.2) is 0 Å². The average molecular weight is 812 g/mol. The molecule has 12 rings (SSSR count). The van der Waals surface area contributed by atoms with Crippen molar-refractivity contribution in [3.8, 4) is 44.5 Å². The Hall–Kier alpha value is -7.30. The molecule has 0 fully saturated rings. The number of hydrogen-bond donors (Lipinski definition) is 0. The molecule has 0 saturated carbocycles. The minimum atomic E-state index is 1.09. The molecule has 0 N–H and O–H groups in total. The monoisotopic (exact) mass is 811 g/mol. The molecule has 0 aliphatic carbocycles. The number of fused-ring (bicyclic) bond motifs is 7. The second-order valence-corrected chi connectivity index (χ2v) is 17.8. The van der Waals surface area contributed by atoms with Gasteiger partial charge in [-0.05, 0) is 105 Å². The van der Waals surface area contributed by atoms with Crippen molar-refractivity contribution in [1.82, 2.24) is 0 Å². The van der Waals surface area contributed by atoms with E-state index >= 15 is 0 Å². The fourth-order valence-electron chi connectivity index (χ4n) is 9.15. The topological polar surface area (TPSA) is 3.24 Å². The lowest BCUT2D eigenvalue weighted by Gasteiger charge is -2.30. The quantitative estimate of drug-likeness (QED) is 0.155. The smallest absolute Gasteiger partial charge is 0.0540 e. The molecule has 286 valence electrons. The van der Waals surface area contributed by atoms with E-state index in [0.29, 0.717) is 0 Å². The van der Waals surface area contributed by atoms with Gasteiger partial charge in [0.15, 0.2) is 0 Å². The maximum Gasteiger partial charge on any atom is 0.0540 e. The van der Waals surface area contributed by atoms with E-state index in [1.807, 2.05) is 22.7 Å². The maximum atomic E-state index is 2.47. The molecule has 0 aliphatic heterocycles. The van der Waals surface area contributed by atoms with E-state index in [4.69, 9.17) is 0 Å². The number of rotatable bonds is 7.